The standard InChI is InChI=1S/C17H20N2O4S/c1-2-15(16-6-4-3-5-7-16)12-18-24(22,23)13-14-8-10-17(11-9-14)19(20)21/h3-11,15,18H,2,12-13H2,1H3. The molecule has 24 heavy (non-hydrogen) atoms. The lowest BCUT2D eigenvalue weighted by molar-refractivity contribution is -0.384. The van der Waals surface area contributed by atoms with E-state index >= 15 is 0 Å². The molecule has 0 fully saturated rings. The van der Waals surface area contributed by atoms with Gasteiger partial charge in [-0.1, -0.05) is 49.4 Å². The maximum absolute atomic E-state index is 12.2. The maximum Gasteiger partial charge on any atom is 0.269 e. The van der Waals surface area contributed by atoms with Crippen LogP contribution in [0.5, 0.6) is 0 Å². The van der Waals surface area contributed by atoms with E-state index in [1.165, 1.54) is 24.3 Å². The molecule has 0 bridgehead atoms. The number of benzene rings is 2. The Morgan fingerprint density at radius 2 is 1.71 bits per heavy atom. The predicted molar refractivity (Wildman–Crippen MR) is 93.2 cm³/mol. The minimum atomic E-state index is -3.50. The van der Waals surface area contributed by atoms with Crippen molar-refractivity contribution in [1.82, 2.24) is 4.72 Å². The van der Waals surface area contributed by atoms with Gasteiger partial charge >= 0.3 is 0 Å². The lowest BCUT2D eigenvalue weighted by Gasteiger charge is -2.16. The summed E-state index contributed by atoms with van der Waals surface area (Å²) >= 11 is 0. The highest BCUT2D eigenvalue weighted by atomic mass is 32.2. The zero-order valence-electron chi connectivity index (χ0n) is 13.4. The molecule has 0 saturated heterocycles. The summed E-state index contributed by atoms with van der Waals surface area (Å²) in [6.45, 7) is 2.35. The molecular formula is C17H20N2O4S. The van der Waals surface area contributed by atoms with Gasteiger partial charge in [0.2, 0.25) is 10.0 Å². The van der Waals surface area contributed by atoms with Crippen molar-refractivity contribution >= 4 is 15.7 Å². The van der Waals surface area contributed by atoms with E-state index in [0.717, 1.165) is 12.0 Å². The lowest BCUT2D eigenvalue weighted by Crippen LogP contribution is -2.29. The first kappa shape index (κ1) is 18.1. The Labute approximate surface area is 141 Å². The second-order valence-electron chi connectivity index (χ2n) is 5.55. The Balaban J connectivity index is 1.99. The van der Waals surface area contributed by atoms with Gasteiger partial charge in [0, 0.05) is 18.7 Å². The molecule has 2 rings (SSSR count). The Morgan fingerprint density at radius 3 is 2.25 bits per heavy atom. The van der Waals surface area contributed by atoms with Gasteiger partial charge < -0.3 is 0 Å². The summed E-state index contributed by atoms with van der Waals surface area (Å²) in [6, 6.07) is 15.3. The fraction of sp³-hybridized carbons (Fsp3) is 0.294. The first-order valence-corrected chi connectivity index (χ1v) is 9.32. The summed E-state index contributed by atoms with van der Waals surface area (Å²) in [5.74, 6) is -0.0891. The van der Waals surface area contributed by atoms with Crippen molar-refractivity contribution in [2.45, 2.75) is 25.0 Å². The van der Waals surface area contributed by atoms with Gasteiger partial charge in [0.05, 0.1) is 10.7 Å². The van der Waals surface area contributed by atoms with Crippen LogP contribution >= 0.6 is 0 Å². The fourth-order valence-corrected chi connectivity index (χ4v) is 3.62. The van der Waals surface area contributed by atoms with E-state index in [4.69, 9.17) is 0 Å². The Morgan fingerprint density at radius 1 is 1.08 bits per heavy atom. The zero-order valence-corrected chi connectivity index (χ0v) is 14.2. The summed E-state index contributed by atoms with van der Waals surface area (Å²) in [7, 11) is -3.50. The number of sulfonamides is 1. The molecule has 128 valence electrons. The van der Waals surface area contributed by atoms with E-state index in [-0.39, 0.29) is 17.4 Å². The van der Waals surface area contributed by atoms with Crippen molar-refractivity contribution in [3.05, 3.63) is 75.8 Å². The van der Waals surface area contributed by atoms with Crippen molar-refractivity contribution < 1.29 is 13.3 Å². The number of nitro groups is 1. The topological polar surface area (TPSA) is 89.3 Å². The van der Waals surface area contributed by atoms with Crippen LogP contribution in [-0.4, -0.2) is 19.9 Å². The van der Waals surface area contributed by atoms with E-state index in [1.54, 1.807) is 0 Å². The molecule has 0 aliphatic carbocycles. The van der Waals surface area contributed by atoms with Gasteiger partial charge in [0.15, 0.2) is 0 Å². The first-order chi connectivity index (χ1) is 11.4. The summed E-state index contributed by atoms with van der Waals surface area (Å²) < 4.78 is 27.1. The van der Waals surface area contributed by atoms with Gasteiger partial charge in [0.25, 0.3) is 5.69 Å². The molecule has 0 aromatic heterocycles. The van der Waals surface area contributed by atoms with Gasteiger partial charge in [-0.15, -0.1) is 0 Å². The van der Waals surface area contributed by atoms with E-state index in [0.29, 0.717) is 12.1 Å². The van der Waals surface area contributed by atoms with E-state index < -0.39 is 14.9 Å². The summed E-state index contributed by atoms with van der Waals surface area (Å²) in [5.41, 5.74) is 1.55. The highest BCUT2D eigenvalue weighted by molar-refractivity contribution is 7.88. The SMILES string of the molecule is CCC(CNS(=O)(=O)Cc1ccc([N+](=O)[O-])cc1)c1ccccc1. The molecule has 0 aliphatic rings. The number of hydrogen-bond donors (Lipinski definition) is 1. The fourth-order valence-electron chi connectivity index (χ4n) is 2.43. The highest BCUT2D eigenvalue weighted by Gasteiger charge is 2.16. The van der Waals surface area contributed by atoms with Crippen LogP contribution in [0.1, 0.15) is 30.4 Å². The molecule has 0 amide bonds. The van der Waals surface area contributed by atoms with Crippen molar-refractivity contribution in [2.24, 2.45) is 0 Å². The Bertz CT molecular complexity index is 774. The normalized spacial score (nSPS) is 12.7. The molecule has 1 unspecified atom stereocenters. The van der Waals surface area contributed by atoms with Crippen molar-refractivity contribution in [3.63, 3.8) is 0 Å². The van der Waals surface area contributed by atoms with Crippen molar-refractivity contribution in [2.75, 3.05) is 6.54 Å². The molecule has 7 heteroatoms. The Hall–Kier alpha value is -2.25. The van der Waals surface area contributed by atoms with Crippen LogP contribution in [0.3, 0.4) is 0 Å². The van der Waals surface area contributed by atoms with E-state index in [9.17, 15) is 18.5 Å². The highest BCUT2D eigenvalue weighted by Crippen LogP contribution is 2.19. The Kier molecular flexibility index (Phi) is 6.05. The third-order valence-electron chi connectivity index (χ3n) is 3.82. The smallest absolute Gasteiger partial charge is 0.258 e. The van der Waals surface area contributed by atoms with Crippen LogP contribution in [-0.2, 0) is 15.8 Å². The first-order valence-electron chi connectivity index (χ1n) is 7.67. The summed E-state index contributed by atoms with van der Waals surface area (Å²) in [4.78, 5) is 10.1. The van der Waals surface area contributed by atoms with Gasteiger partial charge in [-0.3, -0.25) is 10.1 Å². The molecule has 0 heterocycles. The van der Waals surface area contributed by atoms with Crippen molar-refractivity contribution in [3.8, 4) is 0 Å². The molecule has 2 aromatic rings. The number of rotatable bonds is 8. The van der Waals surface area contributed by atoms with E-state index in [1.807, 2.05) is 37.3 Å². The lowest BCUT2D eigenvalue weighted by atomic mass is 9.97. The molecule has 0 aliphatic heterocycles. The third-order valence-corrected chi connectivity index (χ3v) is 5.14. The van der Waals surface area contributed by atoms with Gasteiger partial charge in [-0.05, 0) is 23.5 Å². The monoisotopic (exact) mass is 348 g/mol. The van der Waals surface area contributed by atoms with Crippen molar-refractivity contribution in [1.29, 1.82) is 0 Å². The average molecular weight is 348 g/mol. The van der Waals surface area contributed by atoms with Gasteiger partial charge in [-0.25, -0.2) is 13.1 Å². The minimum Gasteiger partial charge on any atom is -0.258 e. The molecule has 0 spiro atoms. The molecule has 0 radical (unpaired) electrons. The third kappa shape index (κ3) is 5.14. The van der Waals surface area contributed by atoms with Crippen LogP contribution in [0.4, 0.5) is 5.69 Å². The summed E-state index contributed by atoms with van der Waals surface area (Å²) in [6.07, 6.45) is 0.823. The van der Waals surface area contributed by atoms with E-state index in [2.05, 4.69) is 4.72 Å². The van der Waals surface area contributed by atoms with Crippen LogP contribution in [0.15, 0.2) is 54.6 Å². The molecule has 0 saturated carbocycles. The van der Waals surface area contributed by atoms with Gasteiger partial charge in [0.1, 0.15) is 0 Å². The van der Waals surface area contributed by atoms with Crippen LogP contribution in [0.25, 0.3) is 0 Å². The number of non-ortho nitro benzene ring substituents is 1. The zero-order chi connectivity index (χ0) is 17.6. The number of nitro benzene ring substituents is 1. The molecule has 2 aromatic carbocycles. The quantitative estimate of drug-likeness (QED) is 0.586. The van der Waals surface area contributed by atoms with Crippen LogP contribution in [0.2, 0.25) is 0 Å². The second-order valence-corrected chi connectivity index (χ2v) is 7.35. The maximum atomic E-state index is 12.2. The number of nitrogens with zero attached hydrogens (tertiary/aromatic N) is 1. The predicted octanol–water partition coefficient (Wildman–Crippen LogP) is 3.21. The number of hydrogen-bond acceptors (Lipinski definition) is 4. The van der Waals surface area contributed by atoms with Crippen LogP contribution in [0, 0.1) is 10.1 Å². The largest absolute Gasteiger partial charge is 0.269 e. The summed E-state index contributed by atoms with van der Waals surface area (Å²) in [5, 5.41) is 10.6. The second kappa shape index (κ2) is 8.03. The molecule has 1 atom stereocenters. The van der Waals surface area contributed by atoms with Gasteiger partial charge in [-0.2, -0.15) is 0 Å². The molecule has 6 nitrogen and oxygen atoms in total. The van der Waals surface area contributed by atoms with Crippen LogP contribution < -0.4 is 4.72 Å². The average Bonchev–Trinajstić information content (AvgIpc) is 2.56. The molecule has 1 N–H and O–H groups in total. The molecular weight excluding hydrogens is 328 g/mol. The number of nitrogens with one attached hydrogen (secondary N) is 1. The minimum absolute atomic E-state index is 0.0563.